The number of nitrogens with zero attached hydrogens (tertiary/aromatic N) is 1. The molecule has 96 valence electrons. The summed E-state index contributed by atoms with van der Waals surface area (Å²) in [5.74, 6) is -0.643. The van der Waals surface area contributed by atoms with Crippen molar-refractivity contribution < 1.29 is 14.0 Å². The minimum Gasteiger partial charge on any atom is -0.337 e. The van der Waals surface area contributed by atoms with Crippen LogP contribution in [0, 0.1) is 11.7 Å². The maximum Gasteiger partial charge on any atom is 0.255 e. The van der Waals surface area contributed by atoms with Gasteiger partial charge in [0.1, 0.15) is 11.6 Å². The molecular weight excluding hydrogens is 301 g/mol. The molecule has 0 bridgehead atoms. The lowest BCUT2D eigenvalue weighted by Gasteiger charge is -2.30. The van der Waals surface area contributed by atoms with Gasteiger partial charge in [-0.15, -0.1) is 0 Å². The van der Waals surface area contributed by atoms with Gasteiger partial charge >= 0.3 is 0 Å². The zero-order valence-electron chi connectivity index (χ0n) is 9.95. The number of halogens is 2. The molecule has 2 rings (SSSR count). The van der Waals surface area contributed by atoms with E-state index in [2.05, 4.69) is 15.9 Å². The molecule has 1 aromatic rings. The van der Waals surface area contributed by atoms with Crippen molar-refractivity contribution >= 4 is 27.6 Å². The van der Waals surface area contributed by atoms with E-state index in [9.17, 15) is 14.0 Å². The quantitative estimate of drug-likeness (QED) is 0.799. The zero-order valence-corrected chi connectivity index (χ0v) is 11.5. The van der Waals surface area contributed by atoms with Gasteiger partial charge in [-0.1, -0.05) is 6.92 Å². The van der Waals surface area contributed by atoms with Gasteiger partial charge in [0.2, 0.25) is 0 Å². The van der Waals surface area contributed by atoms with Crippen LogP contribution in [0.25, 0.3) is 0 Å². The highest BCUT2D eigenvalue weighted by atomic mass is 79.9. The molecule has 0 aliphatic carbocycles. The SMILES string of the molecule is CC1CN(C(=O)c2cc(F)ccc2Br)CCC1=O. The Labute approximate surface area is 113 Å². The Balaban J connectivity index is 2.21. The standard InChI is InChI=1S/C13H13BrFNO2/c1-8-7-16(5-4-12(8)17)13(18)10-6-9(15)2-3-11(10)14/h2-3,6,8H,4-5,7H2,1H3. The van der Waals surface area contributed by atoms with Crippen LogP contribution in [-0.2, 0) is 4.79 Å². The molecule has 1 fully saturated rings. The van der Waals surface area contributed by atoms with Crippen molar-refractivity contribution in [3.05, 3.63) is 34.1 Å². The third-order valence-corrected chi connectivity index (χ3v) is 3.81. The third-order valence-electron chi connectivity index (χ3n) is 3.12. The predicted octanol–water partition coefficient (Wildman–Crippen LogP) is 2.64. The molecule has 18 heavy (non-hydrogen) atoms. The molecular formula is C13H13BrFNO2. The summed E-state index contributed by atoms with van der Waals surface area (Å²) in [5, 5.41) is 0. The Kier molecular flexibility index (Phi) is 3.80. The summed E-state index contributed by atoms with van der Waals surface area (Å²) in [6.45, 7) is 2.62. The Morgan fingerprint density at radius 1 is 1.50 bits per heavy atom. The van der Waals surface area contributed by atoms with Crippen LogP contribution >= 0.6 is 15.9 Å². The van der Waals surface area contributed by atoms with E-state index in [0.717, 1.165) is 0 Å². The van der Waals surface area contributed by atoms with Crippen LogP contribution in [-0.4, -0.2) is 29.7 Å². The van der Waals surface area contributed by atoms with E-state index in [1.165, 1.54) is 18.2 Å². The molecule has 1 unspecified atom stereocenters. The molecule has 0 radical (unpaired) electrons. The topological polar surface area (TPSA) is 37.4 Å². The van der Waals surface area contributed by atoms with Crippen molar-refractivity contribution in [1.29, 1.82) is 0 Å². The van der Waals surface area contributed by atoms with E-state index in [1.807, 2.05) is 6.92 Å². The van der Waals surface area contributed by atoms with Crippen molar-refractivity contribution in [2.45, 2.75) is 13.3 Å². The molecule has 1 amide bonds. The Morgan fingerprint density at radius 3 is 2.89 bits per heavy atom. The van der Waals surface area contributed by atoms with Crippen molar-refractivity contribution in [3.63, 3.8) is 0 Å². The highest BCUT2D eigenvalue weighted by molar-refractivity contribution is 9.10. The fourth-order valence-corrected chi connectivity index (χ4v) is 2.45. The van der Waals surface area contributed by atoms with Crippen LogP contribution in [0.2, 0.25) is 0 Å². The number of rotatable bonds is 1. The second kappa shape index (κ2) is 5.18. The van der Waals surface area contributed by atoms with Crippen molar-refractivity contribution in [3.8, 4) is 0 Å². The van der Waals surface area contributed by atoms with Gasteiger partial charge in [-0.2, -0.15) is 0 Å². The van der Waals surface area contributed by atoms with Gasteiger partial charge in [0.25, 0.3) is 5.91 Å². The average molecular weight is 314 g/mol. The maximum absolute atomic E-state index is 13.2. The van der Waals surface area contributed by atoms with E-state index in [4.69, 9.17) is 0 Å². The zero-order chi connectivity index (χ0) is 13.3. The molecule has 0 N–H and O–H groups in total. The molecule has 0 spiro atoms. The molecule has 1 atom stereocenters. The van der Waals surface area contributed by atoms with Crippen LogP contribution in [0.3, 0.4) is 0 Å². The van der Waals surface area contributed by atoms with Crippen LogP contribution in [0.1, 0.15) is 23.7 Å². The lowest BCUT2D eigenvalue weighted by atomic mass is 9.98. The molecule has 1 heterocycles. The number of hydrogen-bond acceptors (Lipinski definition) is 2. The molecule has 0 aromatic heterocycles. The first-order chi connectivity index (χ1) is 8.49. The highest BCUT2D eigenvalue weighted by Crippen LogP contribution is 2.22. The molecule has 5 heteroatoms. The van der Waals surface area contributed by atoms with Crippen molar-refractivity contribution in [1.82, 2.24) is 4.90 Å². The smallest absolute Gasteiger partial charge is 0.255 e. The van der Waals surface area contributed by atoms with Crippen LogP contribution < -0.4 is 0 Å². The molecule has 3 nitrogen and oxygen atoms in total. The first-order valence-corrected chi connectivity index (χ1v) is 6.55. The number of piperidine rings is 1. The number of amides is 1. The van der Waals surface area contributed by atoms with Gasteiger partial charge in [0.05, 0.1) is 5.56 Å². The Bertz CT molecular complexity index is 504. The van der Waals surface area contributed by atoms with Crippen molar-refractivity contribution in [2.24, 2.45) is 5.92 Å². The van der Waals surface area contributed by atoms with Gasteiger partial charge in [-0.05, 0) is 34.1 Å². The van der Waals surface area contributed by atoms with Gasteiger partial charge in [-0.3, -0.25) is 9.59 Å². The number of carbonyl (C=O) groups excluding carboxylic acids is 2. The molecule has 1 saturated heterocycles. The highest BCUT2D eigenvalue weighted by Gasteiger charge is 2.28. The molecule has 0 saturated carbocycles. The van der Waals surface area contributed by atoms with E-state index < -0.39 is 5.82 Å². The van der Waals surface area contributed by atoms with Crippen molar-refractivity contribution in [2.75, 3.05) is 13.1 Å². The monoisotopic (exact) mass is 313 g/mol. The average Bonchev–Trinajstić information content (AvgIpc) is 2.35. The van der Waals surface area contributed by atoms with Crippen LogP contribution in [0.15, 0.2) is 22.7 Å². The summed E-state index contributed by atoms with van der Waals surface area (Å²) in [4.78, 5) is 25.3. The largest absolute Gasteiger partial charge is 0.337 e. The summed E-state index contributed by atoms with van der Waals surface area (Å²) in [6.07, 6.45) is 0.375. The lowest BCUT2D eigenvalue weighted by molar-refractivity contribution is -0.124. The van der Waals surface area contributed by atoms with E-state index >= 15 is 0 Å². The van der Waals surface area contributed by atoms with E-state index in [-0.39, 0.29) is 17.6 Å². The Morgan fingerprint density at radius 2 is 2.22 bits per heavy atom. The summed E-state index contributed by atoms with van der Waals surface area (Å²) < 4.78 is 13.7. The van der Waals surface area contributed by atoms with Crippen LogP contribution in [0.5, 0.6) is 0 Å². The normalized spacial score (nSPS) is 20.1. The fraction of sp³-hybridized carbons (Fsp3) is 0.385. The summed E-state index contributed by atoms with van der Waals surface area (Å²) in [7, 11) is 0. The van der Waals surface area contributed by atoms with Gasteiger partial charge in [0.15, 0.2) is 0 Å². The number of benzene rings is 1. The third kappa shape index (κ3) is 2.61. The first kappa shape index (κ1) is 13.2. The number of Topliss-reactive ketones (excluding diaryl/α,β-unsaturated/α-hetero) is 1. The van der Waals surface area contributed by atoms with Gasteiger partial charge in [0, 0.05) is 29.9 Å². The van der Waals surface area contributed by atoms with Crippen LogP contribution in [0.4, 0.5) is 4.39 Å². The first-order valence-electron chi connectivity index (χ1n) is 5.76. The molecule has 1 aliphatic rings. The summed E-state index contributed by atoms with van der Waals surface area (Å²) >= 11 is 3.24. The molecule has 1 aliphatic heterocycles. The number of ketones is 1. The van der Waals surface area contributed by atoms with E-state index in [0.29, 0.717) is 29.5 Å². The summed E-state index contributed by atoms with van der Waals surface area (Å²) in [6, 6.07) is 4.03. The lowest BCUT2D eigenvalue weighted by Crippen LogP contribution is -2.43. The maximum atomic E-state index is 13.2. The minimum atomic E-state index is -0.442. The Hall–Kier alpha value is -1.23. The van der Waals surface area contributed by atoms with E-state index in [1.54, 1.807) is 4.90 Å². The predicted molar refractivity (Wildman–Crippen MR) is 68.8 cm³/mol. The fourth-order valence-electron chi connectivity index (χ4n) is 2.03. The number of hydrogen-bond donors (Lipinski definition) is 0. The second-order valence-electron chi connectivity index (χ2n) is 4.49. The second-order valence-corrected chi connectivity index (χ2v) is 5.35. The minimum absolute atomic E-state index is 0.143. The number of likely N-dealkylation sites (tertiary alicyclic amines) is 1. The summed E-state index contributed by atoms with van der Waals surface area (Å²) in [5.41, 5.74) is 0.302. The van der Waals surface area contributed by atoms with Gasteiger partial charge < -0.3 is 4.90 Å². The molecule has 1 aromatic carbocycles. The number of carbonyl (C=O) groups is 2. The van der Waals surface area contributed by atoms with Gasteiger partial charge in [-0.25, -0.2) is 4.39 Å².